The molecule has 0 saturated carbocycles. The lowest BCUT2D eigenvalue weighted by Gasteiger charge is -2.27. The minimum absolute atomic E-state index is 0.00461. The number of rotatable bonds is 7. The molecule has 0 atom stereocenters. The van der Waals surface area contributed by atoms with E-state index in [9.17, 15) is 4.79 Å². The molecule has 1 aliphatic rings. The lowest BCUT2D eigenvalue weighted by atomic mass is 10.1. The molecule has 3 aromatic rings. The molecule has 3 aromatic heterocycles. The van der Waals surface area contributed by atoms with E-state index in [1.807, 2.05) is 43.7 Å². The molecule has 164 valence electrons. The number of nitrogens with one attached hydrogen (secondary N) is 1. The molecule has 31 heavy (non-hydrogen) atoms. The molecule has 8 heteroatoms. The fraction of sp³-hybridized carbons (Fsp3) is 0.478. The first-order chi connectivity index (χ1) is 15.0. The van der Waals surface area contributed by atoms with Crippen molar-refractivity contribution in [2.24, 2.45) is 0 Å². The van der Waals surface area contributed by atoms with Gasteiger partial charge in [-0.05, 0) is 64.2 Å². The van der Waals surface area contributed by atoms with Crippen LogP contribution in [0.25, 0.3) is 5.82 Å². The Hall–Kier alpha value is -3.16. The smallest absolute Gasteiger partial charge is 0.220 e. The van der Waals surface area contributed by atoms with Crippen molar-refractivity contribution in [3.05, 3.63) is 53.0 Å². The van der Waals surface area contributed by atoms with Gasteiger partial charge in [0.25, 0.3) is 0 Å². The fourth-order valence-corrected chi connectivity index (χ4v) is 4.10. The molecular weight excluding hydrogens is 392 g/mol. The highest BCUT2D eigenvalue weighted by Gasteiger charge is 2.17. The van der Waals surface area contributed by atoms with Crippen LogP contribution in [0.3, 0.4) is 0 Å². The van der Waals surface area contributed by atoms with Gasteiger partial charge < -0.3 is 14.6 Å². The maximum absolute atomic E-state index is 12.3. The van der Waals surface area contributed by atoms with E-state index in [-0.39, 0.29) is 5.91 Å². The summed E-state index contributed by atoms with van der Waals surface area (Å²) in [4.78, 5) is 23.5. The summed E-state index contributed by atoms with van der Waals surface area (Å²) in [6.45, 7) is 8.37. The third-order valence-electron chi connectivity index (χ3n) is 5.83. The summed E-state index contributed by atoms with van der Waals surface area (Å²) in [5.41, 5.74) is 3.02. The van der Waals surface area contributed by atoms with E-state index in [0.717, 1.165) is 53.2 Å². The summed E-state index contributed by atoms with van der Waals surface area (Å²) >= 11 is 0. The lowest BCUT2D eigenvalue weighted by molar-refractivity contribution is -0.121. The maximum atomic E-state index is 12.3. The zero-order valence-electron chi connectivity index (χ0n) is 18.5. The van der Waals surface area contributed by atoms with Crippen molar-refractivity contribution >= 4 is 11.7 Å². The molecule has 0 radical (unpaired) electrons. The Morgan fingerprint density at radius 3 is 2.61 bits per heavy atom. The van der Waals surface area contributed by atoms with Gasteiger partial charge in [-0.15, -0.1) is 0 Å². The minimum atomic E-state index is -0.00461. The Morgan fingerprint density at radius 2 is 1.87 bits per heavy atom. The largest absolute Gasteiger partial charge is 0.465 e. The highest BCUT2D eigenvalue weighted by atomic mass is 16.3. The van der Waals surface area contributed by atoms with Gasteiger partial charge in [-0.25, -0.2) is 14.6 Å². The van der Waals surface area contributed by atoms with Crippen molar-refractivity contribution < 1.29 is 9.21 Å². The Labute approximate surface area is 182 Å². The summed E-state index contributed by atoms with van der Waals surface area (Å²) < 4.78 is 7.36. The number of aromatic nitrogens is 4. The molecule has 4 rings (SSSR count). The molecule has 0 unspecified atom stereocenters. The molecule has 0 spiro atoms. The van der Waals surface area contributed by atoms with Crippen LogP contribution in [0.15, 0.2) is 28.9 Å². The first kappa shape index (κ1) is 21.1. The number of hydrogen-bond donors (Lipinski definition) is 1. The molecule has 1 aliphatic heterocycles. The number of hydrogen-bond acceptors (Lipinski definition) is 6. The summed E-state index contributed by atoms with van der Waals surface area (Å²) in [6, 6.07) is 5.78. The fourth-order valence-electron chi connectivity index (χ4n) is 4.10. The topological polar surface area (TPSA) is 89.1 Å². The zero-order chi connectivity index (χ0) is 21.8. The lowest BCUT2D eigenvalue weighted by Crippen LogP contribution is -2.30. The second-order valence-electron chi connectivity index (χ2n) is 8.13. The predicted molar refractivity (Wildman–Crippen MR) is 118 cm³/mol. The first-order valence-corrected chi connectivity index (χ1v) is 11.0. The van der Waals surface area contributed by atoms with Crippen molar-refractivity contribution in [2.45, 2.75) is 59.4 Å². The molecule has 1 amide bonds. The Balaban J connectivity index is 1.42. The van der Waals surface area contributed by atoms with Crippen LogP contribution >= 0.6 is 0 Å². The molecule has 1 N–H and O–H groups in total. The number of nitrogens with zero attached hydrogens (tertiary/aromatic N) is 5. The first-order valence-electron chi connectivity index (χ1n) is 11.0. The van der Waals surface area contributed by atoms with Crippen molar-refractivity contribution in [3.63, 3.8) is 0 Å². The minimum Gasteiger partial charge on any atom is -0.465 e. The van der Waals surface area contributed by atoms with Gasteiger partial charge in [-0.2, -0.15) is 5.10 Å². The average Bonchev–Trinajstić information content (AvgIpc) is 3.33. The van der Waals surface area contributed by atoms with Crippen LogP contribution in [0.1, 0.15) is 54.2 Å². The standard InChI is InChI=1S/C23H30N6O2/c1-16-7-8-19(31-16)14-24-23(30)10-9-20-17(2)27-29(18(20)3)22-13-21(25-15-26-22)28-11-5-4-6-12-28/h7-8,13,15H,4-6,9-12,14H2,1-3H3,(H,24,30). The third-order valence-corrected chi connectivity index (χ3v) is 5.83. The molecule has 1 fully saturated rings. The number of aryl methyl sites for hydroxylation is 2. The highest BCUT2D eigenvalue weighted by Crippen LogP contribution is 2.22. The van der Waals surface area contributed by atoms with Crippen molar-refractivity contribution in [1.82, 2.24) is 25.1 Å². The molecule has 0 aliphatic carbocycles. The van der Waals surface area contributed by atoms with E-state index in [4.69, 9.17) is 9.52 Å². The van der Waals surface area contributed by atoms with Crippen LogP contribution in [-0.2, 0) is 17.8 Å². The zero-order valence-corrected chi connectivity index (χ0v) is 18.5. The van der Waals surface area contributed by atoms with Gasteiger partial charge >= 0.3 is 0 Å². The number of amides is 1. The number of furan rings is 1. The normalized spacial score (nSPS) is 14.1. The van der Waals surface area contributed by atoms with Crippen LogP contribution in [0.4, 0.5) is 5.82 Å². The summed E-state index contributed by atoms with van der Waals surface area (Å²) in [6.07, 6.45) is 6.32. The van der Waals surface area contributed by atoms with Gasteiger partial charge in [-0.3, -0.25) is 4.79 Å². The van der Waals surface area contributed by atoms with Gasteiger partial charge in [0.1, 0.15) is 23.7 Å². The van der Waals surface area contributed by atoms with Crippen molar-refractivity contribution in [2.75, 3.05) is 18.0 Å². The molecule has 8 nitrogen and oxygen atoms in total. The van der Waals surface area contributed by atoms with E-state index in [0.29, 0.717) is 19.4 Å². The van der Waals surface area contributed by atoms with E-state index in [1.54, 1.807) is 6.33 Å². The number of carbonyl (C=O) groups excluding carboxylic acids is 1. The number of carbonyl (C=O) groups is 1. The predicted octanol–water partition coefficient (Wildman–Crippen LogP) is 3.42. The molecule has 1 saturated heterocycles. The summed E-state index contributed by atoms with van der Waals surface area (Å²) in [5.74, 6) is 3.32. The Bertz CT molecular complexity index is 1050. The molecular formula is C23H30N6O2. The Morgan fingerprint density at radius 1 is 1.10 bits per heavy atom. The summed E-state index contributed by atoms with van der Waals surface area (Å²) in [7, 11) is 0. The second-order valence-corrected chi connectivity index (χ2v) is 8.13. The highest BCUT2D eigenvalue weighted by molar-refractivity contribution is 5.76. The van der Waals surface area contributed by atoms with Gasteiger partial charge in [-0.1, -0.05) is 0 Å². The van der Waals surface area contributed by atoms with Crippen molar-refractivity contribution in [3.8, 4) is 5.82 Å². The third kappa shape index (κ3) is 4.95. The average molecular weight is 423 g/mol. The Kier molecular flexibility index (Phi) is 6.34. The van der Waals surface area contributed by atoms with E-state index >= 15 is 0 Å². The van der Waals surface area contributed by atoms with E-state index < -0.39 is 0 Å². The van der Waals surface area contributed by atoms with Crippen LogP contribution in [0.2, 0.25) is 0 Å². The van der Waals surface area contributed by atoms with Crippen LogP contribution in [-0.4, -0.2) is 38.7 Å². The monoisotopic (exact) mass is 422 g/mol. The second kappa shape index (κ2) is 9.32. The quantitative estimate of drug-likeness (QED) is 0.628. The van der Waals surface area contributed by atoms with Crippen molar-refractivity contribution in [1.29, 1.82) is 0 Å². The van der Waals surface area contributed by atoms with Crippen LogP contribution in [0.5, 0.6) is 0 Å². The number of piperidine rings is 1. The number of anilines is 1. The maximum Gasteiger partial charge on any atom is 0.220 e. The van der Waals surface area contributed by atoms with Gasteiger partial charge in [0.15, 0.2) is 5.82 Å². The summed E-state index contributed by atoms with van der Waals surface area (Å²) in [5, 5.41) is 7.62. The van der Waals surface area contributed by atoms with Gasteiger partial charge in [0, 0.05) is 31.3 Å². The molecule has 0 aromatic carbocycles. The molecule has 0 bridgehead atoms. The van der Waals surface area contributed by atoms with E-state index in [2.05, 4.69) is 20.2 Å². The SMILES string of the molecule is Cc1ccc(CNC(=O)CCc2c(C)nn(-c3cc(N4CCCCC4)ncn3)c2C)o1. The van der Waals surface area contributed by atoms with Crippen LogP contribution in [0, 0.1) is 20.8 Å². The molecule has 4 heterocycles. The van der Waals surface area contributed by atoms with E-state index in [1.165, 1.54) is 19.3 Å². The van der Waals surface area contributed by atoms with Crippen LogP contribution < -0.4 is 10.2 Å². The van der Waals surface area contributed by atoms with Gasteiger partial charge in [0.2, 0.25) is 5.91 Å². The van der Waals surface area contributed by atoms with Gasteiger partial charge in [0.05, 0.1) is 12.2 Å².